The van der Waals surface area contributed by atoms with Crippen LogP contribution in [0.1, 0.15) is 11.3 Å². The molecule has 0 unspecified atom stereocenters. The fourth-order valence-electron chi connectivity index (χ4n) is 1.70. The zero-order chi connectivity index (χ0) is 16.3. The Morgan fingerprint density at radius 1 is 1.36 bits per heavy atom. The Bertz CT molecular complexity index is 698. The highest BCUT2D eigenvalue weighted by Crippen LogP contribution is 2.37. The number of hydrogen-bond acceptors (Lipinski definition) is 5. The molecule has 0 fully saturated rings. The molecular weight excluding hydrogens is 307 g/mol. The molecule has 0 aliphatic heterocycles. The number of rotatable bonds is 4. The zero-order valence-electron chi connectivity index (χ0n) is 10.8. The number of benzene rings is 1. The first kappa shape index (κ1) is 15.5. The summed E-state index contributed by atoms with van der Waals surface area (Å²) in [5.74, 6) is -0.629. The first-order valence-electron chi connectivity index (χ1n) is 5.82. The van der Waals surface area contributed by atoms with Crippen LogP contribution in [0.3, 0.4) is 0 Å². The molecule has 22 heavy (non-hydrogen) atoms. The summed E-state index contributed by atoms with van der Waals surface area (Å²) in [6.45, 7) is 0. The Balaban J connectivity index is 2.21. The second-order valence-corrected chi connectivity index (χ2v) is 4.20. The molecular formula is C12H8F3N3O4. The minimum Gasteiger partial charge on any atom is -0.364 e. The number of nitro groups is 1. The van der Waals surface area contributed by atoms with E-state index in [1.165, 1.54) is 12.3 Å². The molecule has 2 aromatic rings. The van der Waals surface area contributed by atoms with Crippen molar-refractivity contribution in [1.29, 1.82) is 0 Å². The van der Waals surface area contributed by atoms with Gasteiger partial charge in [-0.2, -0.15) is 13.2 Å². The van der Waals surface area contributed by atoms with Crippen molar-refractivity contribution in [2.45, 2.75) is 12.6 Å². The summed E-state index contributed by atoms with van der Waals surface area (Å²) in [5, 5.41) is 16.3. The van der Waals surface area contributed by atoms with Gasteiger partial charge in [-0.3, -0.25) is 14.9 Å². The Hall–Kier alpha value is -2.91. The third-order valence-electron chi connectivity index (χ3n) is 2.62. The Morgan fingerprint density at radius 3 is 2.64 bits per heavy atom. The molecule has 1 amide bonds. The van der Waals surface area contributed by atoms with Crippen LogP contribution in [0.5, 0.6) is 0 Å². The Kier molecular flexibility index (Phi) is 4.11. The quantitative estimate of drug-likeness (QED) is 0.691. The van der Waals surface area contributed by atoms with Gasteiger partial charge in [0, 0.05) is 17.8 Å². The summed E-state index contributed by atoms with van der Waals surface area (Å²) < 4.78 is 42.9. The number of nitro benzene ring substituents is 1. The second kappa shape index (κ2) is 5.84. The number of amides is 1. The van der Waals surface area contributed by atoms with Crippen molar-refractivity contribution in [1.82, 2.24) is 5.16 Å². The molecule has 2 rings (SSSR count). The molecule has 0 aliphatic rings. The molecule has 0 atom stereocenters. The standard InChI is InChI=1S/C12H8F3N3O4/c13-12(14,15)9-5-7(1-2-10(9)18(20)21)16-11(19)6-8-3-4-22-17-8/h1-5H,6H2,(H,16,19). The molecule has 0 aliphatic carbocycles. The van der Waals surface area contributed by atoms with Crippen molar-refractivity contribution in [3.63, 3.8) is 0 Å². The van der Waals surface area contributed by atoms with E-state index in [-0.39, 0.29) is 12.1 Å². The number of carbonyl (C=O) groups is 1. The first-order chi connectivity index (χ1) is 10.3. The van der Waals surface area contributed by atoms with Gasteiger partial charge in [0.15, 0.2) is 0 Å². The van der Waals surface area contributed by atoms with Gasteiger partial charge in [-0.1, -0.05) is 5.16 Å². The normalized spacial score (nSPS) is 11.2. The van der Waals surface area contributed by atoms with E-state index in [9.17, 15) is 28.1 Å². The highest BCUT2D eigenvalue weighted by molar-refractivity contribution is 5.92. The number of nitrogens with one attached hydrogen (secondary N) is 1. The highest BCUT2D eigenvalue weighted by Gasteiger charge is 2.38. The summed E-state index contributed by atoms with van der Waals surface area (Å²) in [6.07, 6.45) is -3.86. The van der Waals surface area contributed by atoms with Gasteiger partial charge in [0.2, 0.25) is 5.91 Å². The van der Waals surface area contributed by atoms with E-state index in [1.807, 2.05) is 0 Å². The van der Waals surface area contributed by atoms with Crippen molar-refractivity contribution in [2.24, 2.45) is 0 Å². The predicted molar refractivity (Wildman–Crippen MR) is 66.9 cm³/mol. The van der Waals surface area contributed by atoms with Crippen LogP contribution in [0.15, 0.2) is 35.1 Å². The number of nitrogens with zero attached hydrogens (tertiary/aromatic N) is 2. The summed E-state index contributed by atoms with van der Waals surface area (Å²) in [6, 6.07) is 3.65. The molecule has 1 aromatic heterocycles. The molecule has 0 radical (unpaired) electrons. The van der Waals surface area contributed by atoms with Gasteiger partial charge in [-0.25, -0.2) is 0 Å². The van der Waals surface area contributed by atoms with E-state index in [4.69, 9.17) is 0 Å². The van der Waals surface area contributed by atoms with E-state index in [1.54, 1.807) is 0 Å². The predicted octanol–water partition coefficient (Wildman–Crippen LogP) is 2.78. The van der Waals surface area contributed by atoms with Crippen LogP contribution in [0.25, 0.3) is 0 Å². The minimum atomic E-state index is -4.91. The third kappa shape index (κ3) is 3.59. The van der Waals surface area contributed by atoms with Crippen LogP contribution in [0, 0.1) is 10.1 Å². The molecule has 1 N–H and O–H groups in total. The summed E-state index contributed by atoms with van der Waals surface area (Å²) >= 11 is 0. The second-order valence-electron chi connectivity index (χ2n) is 4.20. The Labute approximate surface area is 120 Å². The number of halogens is 3. The van der Waals surface area contributed by atoms with Crippen LogP contribution < -0.4 is 5.32 Å². The van der Waals surface area contributed by atoms with Crippen molar-refractivity contribution < 1.29 is 27.4 Å². The molecule has 0 saturated heterocycles. The number of alkyl halides is 3. The van der Waals surface area contributed by atoms with Crippen LogP contribution in [-0.2, 0) is 17.4 Å². The third-order valence-corrected chi connectivity index (χ3v) is 2.62. The highest BCUT2D eigenvalue weighted by atomic mass is 19.4. The zero-order valence-corrected chi connectivity index (χ0v) is 10.8. The molecule has 0 spiro atoms. The fraction of sp³-hybridized carbons (Fsp3) is 0.167. The van der Waals surface area contributed by atoms with Crippen LogP contribution in [0.2, 0.25) is 0 Å². The lowest BCUT2D eigenvalue weighted by Gasteiger charge is -2.10. The minimum absolute atomic E-state index is 0.200. The maximum absolute atomic E-state index is 12.8. The van der Waals surface area contributed by atoms with Gasteiger partial charge in [-0.15, -0.1) is 0 Å². The van der Waals surface area contributed by atoms with Gasteiger partial charge >= 0.3 is 6.18 Å². The molecule has 0 saturated carbocycles. The SMILES string of the molecule is O=C(Cc1ccon1)Nc1ccc([N+](=O)[O-])c(C(F)(F)F)c1. The number of hydrogen-bond donors (Lipinski definition) is 1. The number of anilines is 1. The summed E-state index contributed by atoms with van der Waals surface area (Å²) in [4.78, 5) is 21.1. The number of aromatic nitrogens is 1. The van der Waals surface area contributed by atoms with Crippen molar-refractivity contribution in [2.75, 3.05) is 5.32 Å². The molecule has 1 heterocycles. The largest absolute Gasteiger partial charge is 0.423 e. The molecule has 7 nitrogen and oxygen atoms in total. The molecule has 10 heteroatoms. The molecule has 1 aromatic carbocycles. The maximum Gasteiger partial charge on any atom is 0.423 e. The van der Waals surface area contributed by atoms with Crippen molar-refractivity contribution in [3.8, 4) is 0 Å². The van der Waals surface area contributed by atoms with Gasteiger partial charge in [-0.05, 0) is 12.1 Å². The van der Waals surface area contributed by atoms with Crippen molar-refractivity contribution >= 4 is 17.3 Å². The van der Waals surface area contributed by atoms with Gasteiger partial charge in [0.05, 0.1) is 17.0 Å². The average molecular weight is 315 g/mol. The van der Waals surface area contributed by atoms with Gasteiger partial charge < -0.3 is 9.84 Å². The fourth-order valence-corrected chi connectivity index (χ4v) is 1.70. The van der Waals surface area contributed by atoms with E-state index < -0.39 is 28.3 Å². The van der Waals surface area contributed by atoms with Gasteiger partial charge in [0.1, 0.15) is 11.8 Å². The van der Waals surface area contributed by atoms with E-state index >= 15 is 0 Å². The lowest BCUT2D eigenvalue weighted by Crippen LogP contribution is -2.16. The van der Waals surface area contributed by atoms with Crippen LogP contribution >= 0.6 is 0 Å². The lowest BCUT2D eigenvalue weighted by atomic mass is 10.1. The Morgan fingerprint density at radius 2 is 2.09 bits per heavy atom. The van der Waals surface area contributed by atoms with E-state index in [0.29, 0.717) is 17.8 Å². The lowest BCUT2D eigenvalue weighted by molar-refractivity contribution is -0.388. The maximum atomic E-state index is 12.8. The monoisotopic (exact) mass is 315 g/mol. The van der Waals surface area contributed by atoms with Crippen LogP contribution in [0.4, 0.5) is 24.5 Å². The number of carbonyl (C=O) groups excluding carboxylic acids is 1. The first-order valence-corrected chi connectivity index (χ1v) is 5.82. The molecule has 0 bridgehead atoms. The van der Waals surface area contributed by atoms with Crippen molar-refractivity contribution in [3.05, 3.63) is 51.9 Å². The summed E-state index contributed by atoms with van der Waals surface area (Å²) in [5.41, 5.74) is -2.42. The van der Waals surface area contributed by atoms with E-state index in [2.05, 4.69) is 15.0 Å². The van der Waals surface area contributed by atoms with E-state index in [0.717, 1.165) is 6.07 Å². The van der Waals surface area contributed by atoms with Gasteiger partial charge in [0.25, 0.3) is 5.69 Å². The molecule has 116 valence electrons. The summed E-state index contributed by atoms with van der Waals surface area (Å²) in [7, 11) is 0. The average Bonchev–Trinajstić information content (AvgIpc) is 2.90. The van der Waals surface area contributed by atoms with Crippen LogP contribution in [-0.4, -0.2) is 16.0 Å². The topological polar surface area (TPSA) is 98.3 Å². The smallest absolute Gasteiger partial charge is 0.364 e.